The Morgan fingerprint density at radius 2 is 1.84 bits per heavy atom. The molecule has 0 aliphatic carbocycles. The van der Waals surface area contributed by atoms with E-state index in [1.165, 1.54) is 6.92 Å². The zero-order valence-electron chi connectivity index (χ0n) is 10.7. The summed E-state index contributed by atoms with van der Waals surface area (Å²) < 4.78 is 54.5. The van der Waals surface area contributed by atoms with E-state index in [1.807, 2.05) is 0 Å². The van der Waals surface area contributed by atoms with Crippen molar-refractivity contribution in [2.24, 2.45) is 5.73 Å². The van der Waals surface area contributed by atoms with Gasteiger partial charge in [0.2, 0.25) is 0 Å². The number of halogens is 2. The van der Waals surface area contributed by atoms with Gasteiger partial charge in [0.15, 0.2) is 27.2 Å². The molecule has 1 rings (SSSR count). The molecule has 0 saturated carbocycles. The monoisotopic (exact) mass is 293 g/mol. The van der Waals surface area contributed by atoms with E-state index in [9.17, 15) is 17.2 Å². The van der Waals surface area contributed by atoms with Gasteiger partial charge in [0.05, 0.1) is 5.75 Å². The largest absolute Gasteiger partial charge is 0.487 e. The number of benzene rings is 1. The fourth-order valence-electron chi connectivity index (χ4n) is 1.48. The third-order valence-corrected chi connectivity index (χ3v) is 4.24. The fourth-order valence-corrected chi connectivity index (χ4v) is 2.10. The summed E-state index contributed by atoms with van der Waals surface area (Å²) in [6.07, 6.45) is 0.359. The van der Waals surface area contributed by atoms with Gasteiger partial charge in [-0.05, 0) is 30.7 Å². The Bertz CT molecular complexity index is 509. The molecule has 0 spiro atoms. The summed E-state index contributed by atoms with van der Waals surface area (Å²) >= 11 is 0. The first-order valence-electron chi connectivity index (χ1n) is 5.91. The lowest BCUT2D eigenvalue weighted by atomic mass is 10.1. The molecule has 108 valence electrons. The molecule has 4 nitrogen and oxygen atoms in total. The van der Waals surface area contributed by atoms with Crippen molar-refractivity contribution in [3.8, 4) is 5.75 Å². The van der Waals surface area contributed by atoms with Crippen molar-refractivity contribution >= 4 is 9.84 Å². The van der Waals surface area contributed by atoms with E-state index in [0.29, 0.717) is 12.0 Å². The Morgan fingerprint density at radius 1 is 1.26 bits per heavy atom. The van der Waals surface area contributed by atoms with Gasteiger partial charge in [-0.15, -0.1) is 0 Å². The predicted octanol–water partition coefficient (Wildman–Crippen LogP) is 1.28. The van der Waals surface area contributed by atoms with E-state index in [2.05, 4.69) is 0 Å². The molecule has 0 aliphatic rings. The zero-order valence-corrected chi connectivity index (χ0v) is 11.5. The highest BCUT2D eigenvalue weighted by molar-refractivity contribution is 7.91. The van der Waals surface area contributed by atoms with E-state index >= 15 is 0 Å². The standard InChI is InChI=1S/C12H17F2NO3S/c1-2-19(16,17)6-5-18-12-10(13)7-9(3-4-15)8-11(12)14/h7-8H,2-6,15H2,1H3. The molecule has 0 heterocycles. The molecule has 0 aliphatic heterocycles. The van der Waals surface area contributed by atoms with Gasteiger partial charge in [0.25, 0.3) is 0 Å². The van der Waals surface area contributed by atoms with Crippen LogP contribution in [0, 0.1) is 11.6 Å². The van der Waals surface area contributed by atoms with Crippen molar-refractivity contribution in [2.45, 2.75) is 13.3 Å². The number of rotatable bonds is 7. The van der Waals surface area contributed by atoms with Crippen LogP contribution in [-0.2, 0) is 16.3 Å². The minimum Gasteiger partial charge on any atom is -0.487 e. The van der Waals surface area contributed by atoms with Gasteiger partial charge < -0.3 is 10.5 Å². The molecule has 0 atom stereocenters. The van der Waals surface area contributed by atoms with E-state index in [0.717, 1.165) is 12.1 Å². The maximum Gasteiger partial charge on any atom is 0.190 e. The van der Waals surface area contributed by atoms with Crippen molar-refractivity contribution in [3.63, 3.8) is 0 Å². The second-order valence-electron chi connectivity index (χ2n) is 4.01. The lowest BCUT2D eigenvalue weighted by Crippen LogP contribution is -2.16. The Balaban J connectivity index is 2.74. The molecule has 0 amide bonds. The van der Waals surface area contributed by atoms with Crippen molar-refractivity contribution in [2.75, 3.05) is 24.7 Å². The number of nitrogens with two attached hydrogens (primary N) is 1. The van der Waals surface area contributed by atoms with Crippen LogP contribution in [0.25, 0.3) is 0 Å². The van der Waals surface area contributed by atoms with Crippen LogP contribution >= 0.6 is 0 Å². The first kappa shape index (κ1) is 15.8. The maximum atomic E-state index is 13.6. The summed E-state index contributed by atoms with van der Waals surface area (Å²) in [6.45, 7) is 1.51. The highest BCUT2D eigenvalue weighted by Gasteiger charge is 2.14. The molecule has 1 aromatic rings. The Labute approximate surface area is 111 Å². The van der Waals surface area contributed by atoms with Gasteiger partial charge >= 0.3 is 0 Å². The van der Waals surface area contributed by atoms with Crippen molar-refractivity contribution in [1.29, 1.82) is 0 Å². The molecule has 1 aromatic carbocycles. The Kier molecular flexibility index (Phi) is 5.68. The second kappa shape index (κ2) is 6.81. The van der Waals surface area contributed by atoms with E-state index < -0.39 is 27.2 Å². The molecule has 0 radical (unpaired) electrons. The van der Waals surface area contributed by atoms with Crippen LogP contribution in [0.3, 0.4) is 0 Å². The maximum absolute atomic E-state index is 13.6. The summed E-state index contributed by atoms with van der Waals surface area (Å²) in [7, 11) is -3.22. The van der Waals surface area contributed by atoms with E-state index in [-0.39, 0.29) is 24.7 Å². The van der Waals surface area contributed by atoms with E-state index in [4.69, 9.17) is 10.5 Å². The van der Waals surface area contributed by atoms with Crippen LogP contribution in [0.2, 0.25) is 0 Å². The molecule has 19 heavy (non-hydrogen) atoms. The lowest BCUT2D eigenvalue weighted by Gasteiger charge is -2.10. The van der Waals surface area contributed by atoms with Crippen molar-refractivity contribution in [3.05, 3.63) is 29.3 Å². The topological polar surface area (TPSA) is 69.4 Å². The van der Waals surface area contributed by atoms with Gasteiger partial charge in [0.1, 0.15) is 6.61 Å². The quantitative estimate of drug-likeness (QED) is 0.822. The molecule has 2 N–H and O–H groups in total. The Morgan fingerprint density at radius 3 is 2.32 bits per heavy atom. The van der Waals surface area contributed by atoms with Gasteiger partial charge in [-0.2, -0.15) is 0 Å². The average molecular weight is 293 g/mol. The number of sulfone groups is 1. The SMILES string of the molecule is CCS(=O)(=O)CCOc1c(F)cc(CCN)cc1F. The van der Waals surface area contributed by atoms with Crippen LogP contribution in [0.15, 0.2) is 12.1 Å². The van der Waals surface area contributed by atoms with Crippen LogP contribution < -0.4 is 10.5 Å². The third kappa shape index (κ3) is 4.76. The van der Waals surface area contributed by atoms with Crippen LogP contribution in [0.4, 0.5) is 8.78 Å². The third-order valence-electron chi connectivity index (χ3n) is 2.57. The molecular weight excluding hydrogens is 276 g/mol. The lowest BCUT2D eigenvalue weighted by molar-refractivity contribution is 0.303. The van der Waals surface area contributed by atoms with Crippen molar-refractivity contribution in [1.82, 2.24) is 0 Å². The first-order chi connectivity index (χ1) is 8.89. The molecule has 0 saturated heterocycles. The highest BCUT2D eigenvalue weighted by atomic mass is 32.2. The summed E-state index contributed by atoms with van der Waals surface area (Å²) in [4.78, 5) is 0. The summed E-state index contributed by atoms with van der Waals surface area (Å²) in [5.41, 5.74) is 5.74. The fraction of sp³-hybridized carbons (Fsp3) is 0.500. The molecule has 0 bridgehead atoms. The Hall–Kier alpha value is -1.21. The predicted molar refractivity (Wildman–Crippen MR) is 68.9 cm³/mol. The normalized spacial score (nSPS) is 11.6. The summed E-state index contributed by atoms with van der Waals surface area (Å²) in [6, 6.07) is 2.28. The molecule has 7 heteroatoms. The van der Waals surface area contributed by atoms with Crippen LogP contribution in [-0.4, -0.2) is 33.1 Å². The second-order valence-corrected chi connectivity index (χ2v) is 6.48. The number of hydrogen-bond donors (Lipinski definition) is 1. The molecule has 0 unspecified atom stereocenters. The van der Waals surface area contributed by atoms with Gasteiger partial charge in [-0.3, -0.25) is 0 Å². The first-order valence-corrected chi connectivity index (χ1v) is 7.73. The number of hydrogen-bond acceptors (Lipinski definition) is 4. The molecule has 0 fully saturated rings. The van der Waals surface area contributed by atoms with E-state index in [1.54, 1.807) is 0 Å². The van der Waals surface area contributed by atoms with Crippen LogP contribution in [0.1, 0.15) is 12.5 Å². The summed E-state index contributed by atoms with van der Waals surface area (Å²) in [5.74, 6) is -2.55. The smallest absolute Gasteiger partial charge is 0.190 e. The highest BCUT2D eigenvalue weighted by Crippen LogP contribution is 2.23. The zero-order chi connectivity index (χ0) is 14.5. The van der Waals surface area contributed by atoms with Crippen molar-refractivity contribution < 1.29 is 21.9 Å². The minimum atomic E-state index is -3.22. The van der Waals surface area contributed by atoms with Gasteiger partial charge in [-0.1, -0.05) is 6.92 Å². The molecule has 0 aromatic heterocycles. The minimum absolute atomic E-state index is 0.0310. The average Bonchev–Trinajstić information content (AvgIpc) is 2.33. The summed E-state index contributed by atoms with van der Waals surface area (Å²) in [5, 5.41) is 0. The molecular formula is C12H17F2NO3S. The van der Waals surface area contributed by atoms with Crippen LogP contribution in [0.5, 0.6) is 5.75 Å². The van der Waals surface area contributed by atoms with Gasteiger partial charge in [0, 0.05) is 5.75 Å². The number of ether oxygens (including phenoxy) is 1. The van der Waals surface area contributed by atoms with Gasteiger partial charge in [-0.25, -0.2) is 17.2 Å².